The van der Waals surface area contributed by atoms with Crippen LogP contribution in [0.2, 0.25) is 0 Å². The molecule has 0 fully saturated rings. The zero-order valence-electron chi connectivity index (χ0n) is 33.5. The van der Waals surface area contributed by atoms with Gasteiger partial charge in [-0.15, -0.1) is 0 Å². The van der Waals surface area contributed by atoms with Crippen molar-refractivity contribution in [1.29, 1.82) is 0 Å². The van der Waals surface area contributed by atoms with E-state index in [9.17, 15) is 0 Å². The highest BCUT2D eigenvalue weighted by molar-refractivity contribution is 6.17. The molecule has 0 saturated carbocycles. The van der Waals surface area contributed by atoms with Crippen LogP contribution in [0.3, 0.4) is 0 Å². The molecule has 4 nitrogen and oxygen atoms in total. The molecule has 3 aromatic heterocycles. The lowest BCUT2D eigenvalue weighted by Crippen LogP contribution is -1.97. The molecule has 0 aliphatic carbocycles. The van der Waals surface area contributed by atoms with Crippen LogP contribution in [0.4, 0.5) is 0 Å². The third kappa shape index (κ3) is 6.25. The van der Waals surface area contributed by atoms with Gasteiger partial charge in [-0.2, -0.15) is 0 Å². The first-order valence-electron chi connectivity index (χ1n) is 20.9. The van der Waals surface area contributed by atoms with Gasteiger partial charge in [0, 0.05) is 43.8 Å². The molecule has 0 unspecified atom stereocenters. The molecule has 0 saturated heterocycles. The number of fused-ring (bicyclic) bond motifs is 6. The largest absolute Gasteiger partial charge is 0.456 e. The summed E-state index contributed by atoms with van der Waals surface area (Å²) in [4.78, 5) is 10.5. The van der Waals surface area contributed by atoms with Crippen molar-refractivity contribution in [2.75, 3.05) is 0 Å². The fourth-order valence-electron chi connectivity index (χ4n) is 8.84. The van der Waals surface area contributed by atoms with Gasteiger partial charge in [0.05, 0.1) is 11.4 Å². The van der Waals surface area contributed by atoms with E-state index in [4.69, 9.17) is 18.8 Å². The lowest BCUT2D eigenvalue weighted by Gasteiger charge is -2.13. The first-order valence-corrected chi connectivity index (χ1v) is 20.9. The first-order chi connectivity index (χ1) is 30.7. The third-order valence-corrected chi connectivity index (χ3v) is 11.9. The minimum absolute atomic E-state index is 0.670. The normalized spacial score (nSPS) is 11.5. The summed E-state index contributed by atoms with van der Waals surface area (Å²) >= 11 is 0. The van der Waals surface area contributed by atoms with Crippen LogP contribution in [0.15, 0.2) is 227 Å². The van der Waals surface area contributed by atoms with Crippen molar-refractivity contribution < 1.29 is 8.83 Å². The Morgan fingerprint density at radius 2 is 0.758 bits per heavy atom. The summed E-state index contributed by atoms with van der Waals surface area (Å²) < 4.78 is 13.0. The standard InChI is InChI=1S/C58H36N2O2/c1-4-14-37(15-5-1)43-32-44(38-16-6-2-7-17-38)34-45(33-43)58-59-51(40-18-8-3-9-19-40)36-52(60-58)41-26-24-39(25-27-41)46-30-31-47(57-56(46)50-21-11-13-23-54(50)62-57)42-28-29-49-48-20-10-12-22-53(48)61-55(49)35-42/h1-36H. The molecule has 0 atom stereocenters. The highest BCUT2D eigenvalue weighted by Crippen LogP contribution is 2.43. The molecule has 4 heteroatoms. The van der Waals surface area contributed by atoms with Crippen LogP contribution in [-0.2, 0) is 0 Å². The van der Waals surface area contributed by atoms with Crippen molar-refractivity contribution in [3.8, 4) is 78.4 Å². The summed E-state index contributed by atoms with van der Waals surface area (Å²) in [6.07, 6.45) is 0. The van der Waals surface area contributed by atoms with Crippen molar-refractivity contribution in [2.45, 2.75) is 0 Å². The Hall–Kier alpha value is -8.34. The Balaban J connectivity index is 0.978. The van der Waals surface area contributed by atoms with Crippen molar-refractivity contribution in [1.82, 2.24) is 9.97 Å². The maximum Gasteiger partial charge on any atom is 0.160 e. The minimum atomic E-state index is 0.670. The summed E-state index contributed by atoms with van der Waals surface area (Å²) in [7, 11) is 0. The number of hydrogen-bond acceptors (Lipinski definition) is 4. The van der Waals surface area contributed by atoms with Crippen molar-refractivity contribution in [2.24, 2.45) is 0 Å². The van der Waals surface area contributed by atoms with Gasteiger partial charge in [0.1, 0.15) is 22.3 Å². The highest BCUT2D eigenvalue weighted by atomic mass is 16.3. The van der Waals surface area contributed by atoms with Crippen LogP contribution in [0.1, 0.15) is 0 Å². The van der Waals surface area contributed by atoms with Gasteiger partial charge in [-0.1, -0.05) is 164 Å². The molecule has 0 amide bonds. The molecule has 0 bridgehead atoms. The van der Waals surface area contributed by atoms with Gasteiger partial charge in [-0.3, -0.25) is 0 Å². The number of rotatable bonds is 7. The molecule has 9 aromatic carbocycles. The molecule has 0 aliphatic rings. The molecule has 12 rings (SSSR count). The van der Waals surface area contributed by atoms with Gasteiger partial charge < -0.3 is 8.83 Å². The van der Waals surface area contributed by atoms with Crippen LogP contribution >= 0.6 is 0 Å². The van der Waals surface area contributed by atoms with Crippen molar-refractivity contribution >= 4 is 43.9 Å². The molecule has 62 heavy (non-hydrogen) atoms. The van der Waals surface area contributed by atoms with E-state index in [0.29, 0.717) is 5.82 Å². The lowest BCUT2D eigenvalue weighted by molar-refractivity contribution is 0.668. The van der Waals surface area contributed by atoms with Gasteiger partial charge in [-0.05, 0) is 93.5 Å². The SMILES string of the molecule is c1ccc(-c2cc(-c3ccccc3)cc(-c3nc(-c4ccccc4)cc(-c4ccc(-c5ccc(-c6ccc7c(c6)oc6ccccc67)c6oc7ccccc7c56)cc4)n3)c2)cc1. The van der Waals surface area contributed by atoms with Gasteiger partial charge in [0.15, 0.2) is 5.82 Å². The average Bonchev–Trinajstić information content (AvgIpc) is 3.93. The summed E-state index contributed by atoms with van der Waals surface area (Å²) in [5, 5.41) is 4.38. The molecule has 290 valence electrons. The Morgan fingerprint density at radius 3 is 1.42 bits per heavy atom. The van der Waals surface area contributed by atoms with Crippen LogP contribution in [0.5, 0.6) is 0 Å². The number of hydrogen-bond donors (Lipinski definition) is 0. The predicted octanol–water partition coefficient (Wildman–Crippen LogP) is 15.9. The monoisotopic (exact) mass is 792 g/mol. The van der Waals surface area contributed by atoms with E-state index in [1.165, 1.54) is 0 Å². The van der Waals surface area contributed by atoms with Gasteiger partial charge in [0.25, 0.3) is 0 Å². The summed E-state index contributed by atoms with van der Waals surface area (Å²) in [6, 6.07) is 76.2. The fourth-order valence-corrected chi connectivity index (χ4v) is 8.84. The summed E-state index contributed by atoms with van der Waals surface area (Å²) in [6.45, 7) is 0. The van der Waals surface area contributed by atoms with Crippen LogP contribution < -0.4 is 0 Å². The van der Waals surface area contributed by atoms with E-state index in [0.717, 1.165) is 116 Å². The van der Waals surface area contributed by atoms with Gasteiger partial charge in [-0.25, -0.2) is 9.97 Å². The minimum Gasteiger partial charge on any atom is -0.456 e. The summed E-state index contributed by atoms with van der Waals surface area (Å²) in [5.74, 6) is 0.670. The zero-order chi connectivity index (χ0) is 41.0. The molecule has 3 heterocycles. The van der Waals surface area contributed by atoms with Crippen LogP contribution in [0.25, 0.3) is 122 Å². The second-order valence-electron chi connectivity index (χ2n) is 15.7. The van der Waals surface area contributed by atoms with E-state index >= 15 is 0 Å². The van der Waals surface area contributed by atoms with E-state index in [-0.39, 0.29) is 0 Å². The quantitative estimate of drug-likeness (QED) is 0.161. The van der Waals surface area contributed by atoms with E-state index in [1.54, 1.807) is 0 Å². The molecule has 0 aliphatic heterocycles. The Bertz CT molecular complexity index is 3550. The maximum atomic E-state index is 6.70. The zero-order valence-corrected chi connectivity index (χ0v) is 33.5. The highest BCUT2D eigenvalue weighted by Gasteiger charge is 2.19. The molecule has 0 spiro atoms. The number of benzene rings is 9. The maximum absolute atomic E-state index is 6.70. The van der Waals surface area contributed by atoms with Crippen LogP contribution in [0, 0.1) is 0 Å². The molecular weight excluding hydrogens is 757 g/mol. The molecule has 0 radical (unpaired) electrons. The Labute approximate surface area is 358 Å². The van der Waals surface area contributed by atoms with Crippen LogP contribution in [-0.4, -0.2) is 9.97 Å². The second-order valence-corrected chi connectivity index (χ2v) is 15.7. The molecule has 0 N–H and O–H groups in total. The number of para-hydroxylation sites is 2. The second kappa shape index (κ2) is 14.7. The van der Waals surface area contributed by atoms with E-state index < -0.39 is 0 Å². The van der Waals surface area contributed by atoms with Crippen molar-refractivity contribution in [3.05, 3.63) is 218 Å². The predicted molar refractivity (Wildman–Crippen MR) is 255 cm³/mol. The molecule has 12 aromatic rings. The molecular formula is C58H36N2O2. The van der Waals surface area contributed by atoms with E-state index in [2.05, 4.69) is 188 Å². The topological polar surface area (TPSA) is 52.1 Å². The number of aromatic nitrogens is 2. The van der Waals surface area contributed by atoms with Gasteiger partial charge in [0.2, 0.25) is 0 Å². The average molecular weight is 793 g/mol. The van der Waals surface area contributed by atoms with Crippen molar-refractivity contribution in [3.63, 3.8) is 0 Å². The summed E-state index contributed by atoms with van der Waals surface area (Å²) in [5.41, 5.74) is 16.9. The Kier molecular flexibility index (Phi) is 8.46. The Morgan fingerprint density at radius 1 is 0.274 bits per heavy atom. The smallest absolute Gasteiger partial charge is 0.160 e. The van der Waals surface area contributed by atoms with E-state index in [1.807, 2.05) is 30.3 Å². The van der Waals surface area contributed by atoms with Gasteiger partial charge >= 0.3 is 0 Å². The first kappa shape index (κ1) is 35.6. The lowest BCUT2D eigenvalue weighted by atomic mass is 9.93. The number of furan rings is 2. The number of nitrogens with zero attached hydrogens (tertiary/aromatic N) is 2. The third-order valence-electron chi connectivity index (χ3n) is 11.9. The fraction of sp³-hybridized carbons (Fsp3) is 0.